The number of nitrogens with zero attached hydrogens (tertiary/aromatic N) is 1. The quantitative estimate of drug-likeness (QED) is 0.723. The predicted molar refractivity (Wildman–Crippen MR) is 43.0 cm³/mol. The van der Waals surface area contributed by atoms with E-state index in [9.17, 15) is 22.0 Å². The number of hydrogen-bond donors (Lipinski definition) is 2. The first-order valence-electron chi connectivity index (χ1n) is 3.64. The summed E-state index contributed by atoms with van der Waals surface area (Å²) in [7, 11) is 0. The Morgan fingerprint density at radius 1 is 1.20 bits per heavy atom. The number of pyridine rings is 1. The van der Waals surface area contributed by atoms with Crippen molar-refractivity contribution in [2.75, 3.05) is 11.5 Å². The van der Waals surface area contributed by atoms with Crippen molar-refractivity contribution in [3.63, 3.8) is 0 Å². The molecule has 8 heteroatoms. The monoisotopic (exact) mass is 227 g/mol. The molecule has 84 valence electrons. The molecule has 1 rings (SSSR count). The highest BCUT2D eigenvalue weighted by molar-refractivity contribution is 5.64. The van der Waals surface area contributed by atoms with E-state index in [0.29, 0.717) is 6.20 Å². The van der Waals surface area contributed by atoms with E-state index in [2.05, 4.69) is 4.98 Å². The minimum Gasteiger partial charge on any atom is -0.397 e. The zero-order valence-electron chi connectivity index (χ0n) is 7.15. The minimum absolute atomic E-state index is 0.515. The Morgan fingerprint density at radius 2 is 1.73 bits per heavy atom. The van der Waals surface area contributed by atoms with E-state index < -0.39 is 35.2 Å². The van der Waals surface area contributed by atoms with E-state index in [0.717, 1.165) is 0 Å². The van der Waals surface area contributed by atoms with Crippen LogP contribution in [-0.2, 0) is 6.18 Å². The minimum atomic E-state index is -4.87. The lowest BCUT2D eigenvalue weighted by molar-refractivity contribution is -0.136. The summed E-state index contributed by atoms with van der Waals surface area (Å²) in [5.41, 5.74) is 5.42. The van der Waals surface area contributed by atoms with Gasteiger partial charge in [-0.1, -0.05) is 0 Å². The Labute approximate surface area is 80.9 Å². The maximum absolute atomic E-state index is 12.3. The SMILES string of the molecule is Nc1cnc(C(F)F)c(N)c1C(F)(F)F. The number of anilines is 2. The van der Waals surface area contributed by atoms with Gasteiger partial charge in [0.1, 0.15) is 11.3 Å². The van der Waals surface area contributed by atoms with Crippen LogP contribution in [0.5, 0.6) is 0 Å². The van der Waals surface area contributed by atoms with E-state index >= 15 is 0 Å². The molecule has 0 aliphatic heterocycles. The van der Waals surface area contributed by atoms with Gasteiger partial charge in [0.25, 0.3) is 6.43 Å². The number of hydrogen-bond acceptors (Lipinski definition) is 3. The van der Waals surface area contributed by atoms with Crippen LogP contribution in [0.1, 0.15) is 17.7 Å². The summed E-state index contributed by atoms with van der Waals surface area (Å²) in [6.45, 7) is 0. The number of nitrogen functional groups attached to an aromatic ring is 2. The Kier molecular flexibility index (Phi) is 2.69. The molecule has 0 saturated heterocycles. The molecule has 0 saturated carbocycles. The summed E-state index contributed by atoms with van der Waals surface area (Å²) in [5, 5.41) is 0. The molecule has 0 radical (unpaired) electrons. The molecule has 0 atom stereocenters. The molecule has 0 aromatic carbocycles. The molecule has 0 aliphatic rings. The smallest absolute Gasteiger partial charge is 0.397 e. The van der Waals surface area contributed by atoms with Gasteiger partial charge in [-0.3, -0.25) is 4.98 Å². The van der Waals surface area contributed by atoms with Crippen LogP contribution in [0.15, 0.2) is 6.20 Å². The number of aromatic nitrogens is 1. The third kappa shape index (κ3) is 2.08. The molecule has 4 N–H and O–H groups in total. The standard InChI is InChI=1S/C7H6F5N3/c8-6(9)5-4(14)3(7(10,11)12)2(13)1-15-5/h1,6H,13-14H2. The van der Waals surface area contributed by atoms with Gasteiger partial charge in [-0.15, -0.1) is 0 Å². The van der Waals surface area contributed by atoms with Gasteiger partial charge >= 0.3 is 6.18 Å². The Balaban J connectivity index is 3.44. The molecule has 0 unspecified atom stereocenters. The van der Waals surface area contributed by atoms with Crippen LogP contribution in [0, 0.1) is 0 Å². The molecule has 1 aromatic heterocycles. The molecule has 0 spiro atoms. The average molecular weight is 227 g/mol. The molecule has 15 heavy (non-hydrogen) atoms. The van der Waals surface area contributed by atoms with Gasteiger partial charge in [0.15, 0.2) is 0 Å². The summed E-state index contributed by atoms with van der Waals surface area (Å²) in [6, 6.07) is 0. The summed E-state index contributed by atoms with van der Waals surface area (Å²) < 4.78 is 61.3. The summed E-state index contributed by atoms with van der Waals surface area (Å²) >= 11 is 0. The molecule has 1 heterocycles. The average Bonchev–Trinajstić information content (AvgIpc) is 2.00. The summed E-state index contributed by atoms with van der Waals surface area (Å²) in [5.74, 6) is 0. The van der Waals surface area contributed by atoms with Crippen LogP contribution in [0.3, 0.4) is 0 Å². The molecule has 0 amide bonds. The van der Waals surface area contributed by atoms with Gasteiger partial charge in [-0.25, -0.2) is 8.78 Å². The van der Waals surface area contributed by atoms with Crippen LogP contribution in [0.2, 0.25) is 0 Å². The fourth-order valence-electron chi connectivity index (χ4n) is 1.05. The summed E-state index contributed by atoms with van der Waals surface area (Å²) in [4.78, 5) is 3.05. The fraction of sp³-hybridized carbons (Fsp3) is 0.286. The van der Waals surface area contributed by atoms with Crippen molar-refractivity contribution in [2.24, 2.45) is 0 Å². The lowest BCUT2D eigenvalue weighted by Crippen LogP contribution is -2.15. The van der Waals surface area contributed by atoms with Crippen LogP contribution in [0.25, 0.3) is 0 Å². The highest BCUT2D eigenvalue weighted by Crippen LogP contribution is 2.40. The predicted octanol–water partition coefficient (Wildman–Crippen LogP) is 2.20. The van der Waals surface area contributed by atoms with Gasteiger partial charge in [0, 0.05) is 0 Å². The Morgan fingerprint density at radius 3 is 2.13 bits per heavy atom. The van der Waals surface area contributed by atoms with Crippen molar-refractivity contribution in [3.05, 3.63) is 17.5 Å². The first-order valence-corrected chi connectivity index (χ1v) is 3.64. The first kappa shape index (κ1) is 11.5. The van der Waals surface area contributed by atoms with Gasteiger partial charge in [-0.2, -0.15) is 13.2 Å². The normalized spacial score (nSPS) is 12.1. The molecule has 0 aliphatic carbocycles. The highest BCUT2D eigenvalue weighted by atomic mass is 19.4. The van der Waals surface area contributed by atoms with Crippen molar-refractivity contribution in [1.29, 1.82) is 0 Å². The maximum atomic E-state index is 12.3. The van der Waals surface area contributed by atoms with E-state index in [1.54, 1.807) is 0 Å². The molecular weight excluding hydrogens is 221 g/mol. The molecule has 3 nitrogen and oxygen atoms in total. The number of nitrogens with two attached hydrogens (primary N) is 2. The van der Waals surface area contributed by atoms with Crippen molar-refractivity contribution in [2.45, 2.75) is 12.6 Å². The Bertz CT molecular complexity index is 374. The van der Waals surface area contributed by atoms with Crippen molar-refractivity contribution in [3.8, 4) is 0 Å². The number of alkyl halides is 5. The van der Waals surface area contributed by atoms with Gasteiger partial charge in [-0.05, 0) is 0 Å². The molecular formula is C7H6F5N3. The van der Waals surface area contributed by atoms with Crippen molar-refractivity contribution in [1.82, 2.24) is 4.98 Å². The molecule has 1 aromatic rings. The number of halogens is 5. The van der Waals surface area contributed by atoms with E-state index in [-0.39, 0.29) is 0 Å². The highest BCUT2D eigenvalue weighted by Gasteiger charge is 2.37. The second-order valence-corrected chi connectivity index (χ2v) is 2.69. The van der Waals surface area contributed by atoms with E-state index in [4.69, 9.17) is 11.5 Å². The van der Waals surface area contributed by atoms with Crippen LogP contribution in [0.4, 0.5) is 33.3 Å². The zero-order chi connectivity index (χ0) is 11.8. The van der Waals surface area contributed by atoms with Crippen molar-refractivity contribution < 1.29 is 22.0 Å². The van der Waals surface area contributed by atoms with Crippen molar-refractivity contribution >= 4 is 11.4 Å². The van der Waals surface area contributed by atoms with Crippen LogP contribution in [-0.4, -0.2) is 4.98 Å². The van der Waals surface area contributed by atoms with E-state index in [1.807, 2.05) is 0 Å². The maximum Gasteiger partial charge on any atom is 0.420 e. The second-order valence-electron chi connectivity index (χ2n) is 2.69. The third-order valence-electron chi connectivity index (χ3n) is 1.67. The lowest BCUT2D eigenvalue weighted by atomic mass is 10.1. The van der Waals surface area contributed by atoms with Crippen LogP contribution >= 0.6 is 0 Å². The third-order valence-corrected chi connectivity index (χ3v) is 1.67. The number of rotatable bonds is 1. The van der Waals surface area contributed by atoms with Gasteiger partial charge < -0.3 is 11.5 Å². The lowest BCUT2D eigenvalue weighted by Gasteiger charge is -2.14. The van der Waals surface area contributed by atoms with E-state index in [1.165, 1.54) is 0 Å². The topological polar surface area (TPSA) is 64.9 Å². The van der Waals surface area contributed by atoms with Gasteiger partial charge in [0.2, 0.25) is 0 Å². The molecule has 0 bridgehead atoms. The van der Waals surface area contributed by atoms with Crippen LogP contribution < -0.4 is 11.5 Å². The summed E-state index contributed by atoms with van der Waals surface area (Å²) in [6.07, 6.45) is -7.53. The Hall–Kier alpha value is -1.60. The largest absolute Gasteiger partial charge is 0.420 e. The first-order chi connectivity index (χ1) is 6.75. The zero-order valence-corrected chi connectivity index (χ0v) is 7.15. The fourth-order valence-corrected chi connectivity index (χ4v) is 1.05. The molecule has 0 fully saturated rings. The second kappa shape index (κ2) is 3.52. The van der Waals surface area contributed by atoms with Gasteiger partial charge in [0.05, 0.1) is 17.6 Å².